The monoisotopic (exact) mass is 554 g/mol. The summed E-state index contributed by atoms with van der Waals surface area (Å²) in [6.07, 6.45) is 0. The minimum atomic E-state index is -1.96. The molecule has 0 rings (SSSR count). The first-order valence-electron chi connectivity index (χ1n) is 4.25. The molecule has 0 aromatic rings. The molecule has 0 bridgehead atoms. The Kier molecular flexibility index (Phi) is 5.40. The van der Waals surface area contributed by atoms with Crippen molar-refractivity contribution in [2.24, 2.45) is 0 Å². The van der Waals surface area contributed by atoms with Crippen molar-refractivity contribution in [3.8, 4) is 18.8 Å². The molecule has 0 aliphatic heterocycles. The van der Waals surface area contributed by atoms with E-state index < -0.39 is 42.3 Å². The van der Waals surface area contributed by atoms with E-state index in [1.165, 1.54) is 0 Å². The zero-order valence-electron chi connectivity index (χ0n) is 9.00. The molecule has 0 aliphatic rings. The van der Waals surface area contributed by atoms with Gasteiger partial charge in [0.1, 0.15) is 0 Å². The third-order valence-corrected chi connectivity index (χ3v) is 7.74. The van der Waals surface area contributed by atoms with Crippen LogP contribution < -0.4 is 0 Å². The van der Waals surface area contributed by atoms with Crippen LogP contribution in [0.4, 0.5) is 0 Å². The molecule has 12 heavy (non-hydrogen) atoms. The van der Waals surface area contributed by atoms with E-state index in [1.54, 1.807) is 0 Å². The van der Waals surface area contributed by atoms with Gasteiger partial charge in [-0.25, -0.2) is 0 Å². The molecule has 2 heteroatoms. The van der Waals surface area contributed by atoms with Crippen LogP contribution in [0.2, 0.25) is 26.9 Å². The normalized spacial score (nSPS) is 10.8. The van der Waals surface area contributed by atoms with Crippen molar-refractivity contribution in [1.29, 1.82) is 0 Å². The maximum atomic E-state index is 3.33. The first-order valence-corrected chi connectivity index (χ1v) is 31.5. The molecule has 0 aliphatic carbocycles. The van der Waals surface area contributed by atoms with Crippen LogP contribution in [0.5, 0.6) is 0 Å². The predicted octanol–water partition coefficient (Wildman–Crippen LogP) is 2.75. The second-order valence-electron chi connectivity index (χ2n) is 5.00. The van der Waals surface area contributed by atoms with Crippen molar-refractivity contribution in [1.82, 2.24) is 0 Å². The van der Waals surface area contributed by atoms with Crippen LogP contribution in [-0.2, 0) is 0 Å². The molecule has 66 valence electrons. The van der Waals surface area contributed by atoms with Gasteiger partial charge in [0.05, 0.1) is 0 Å². The van der Waals surface area contributed by atoms with E-state index in [0.29, 0.717) is 0 Å². The number of hydrogen-bond donors (Lipinski definition) is 0. The molecule has 0 spiro atoms. The molecule has 0 aromatic carbocycles. The first kappa shape index (κ1) is 13.0. The fraction of sp³-hybridized carbons (Fsp3) is 0.600. The molecule has 0 unspecified atom stereocenters. The minimum absolute atomic E-state index is 1.96. The van der Waals surface area contributed by atoms with Crippen LogP contribution in [0.1, 0.15) is 0 Å². The molecule has 0 aromatic heterocycles. The zero-order valence-corrected chi connectivity index (χ0v) is 16.8. The van der Waals surface area contributed by atoms with Crippen molar-refractivity contribution in [3.05, 3.63) is 0 Å². The summed E-state index contributed by atoms with van der Waals surface area (Å²) in [4.78, 5) is 0. The summed E-state index contributed by atoms with van der Waals surface area (Å²) >= 11 is -3.92. The van der Waals surface area contributed by atoms with E-state index >= 15 is 0 Å². The molecule has 0 radical (unpaired) electrons. The van der Waals surface area contributed by atoms with Crippen LogP contribution in [0.3, 0.4) is 0 Å². The van der Waals surface area contributed by atoms with Gasteiger partial charge in [0.15, 0.2) is 0 Å². The third-order valence-electron chi connectivity index (χ3n) is 0.938. The van der Waals surface area contributed by atoms with Crippen LogP contribution in [0, 0.1) is 18.8 Å². The van der Waals surface area contributed by atoms with Gasteiger partial charge in [0.2, 0.25) is 0 Å². The van der Waals surface area contributed by atoms with Gasteiger partial charge in [0, 0.05) is 0 Å². The van der Waals surface area contributed by atoms with Crippen molar-refractivity contribution in [3.63, 3.8) is 0 Å². The molecular formula is C10H18Pb2. The van der Waals surface area contributed by atoms with Crippen molar-refractivity contribution >= 4 is 42.3 Å². The molecule has 0 heterocycles. The van der Waals surface area contributed by atoms with Gasteiger partial charge in [0.25, 0.3) is 0 Å². The zero-order chi connectivity index (χ0) is 9.83. The molecule has 0 N–H and O–H groups in total. The van der Waals surface area contributed by atoms with Gasteiger partial charge in [-0.2, -0.15) is 0 Å². The van der Waals surface area contributed by atoms with Gasteiger partial charge in [-0.05, 0) is 0 Å². The summed E-state index contributed by atoms with van der Waals surface area (Å²) in [5.41, 5.74) is 0. The average molecular weight is 553 g/mol. The van der Waals surface area contributed by atoms with Gasteiger partial charge < -0.3 is 0 Å². The molecule has 0 saturated heterocycles. The first-order chi connectivity index (χ1) is 5.21. The second kappa shape index (κ2) is 5.00. The molecule has 0 amide bonds. The molecule has 0 nitrogen and oxygen atoms in total. The Hall–Kier alpha value is 0.964. The Labute approximate surface area is 86.8 Å². The standard InChI is InChI=1S/C4.6CH3.2Pb/c1-3-4-2;;;;;;;;/h;6*1H3;;. The predicted molar refractivity (Wildman–Crippen MR) is 62.2 cm³/mol. The van der Waals surface area contributed by atoms with Crippen LogP contribution in [0.15, 0.2) is 0 Å². The Bertz CT molecular complexity index is 225. The topological polar surface area (TPSA) is 0 Å². The molecule has 0 fully saturated rings. The summed E-state index contributed by atoms with van der Waals surface area (Å²) < 4.78 is 20.6. The van der Waals surface area contributed by atoms with Crippen molar-refractivity contribution < 1.29 is 0 Å². The SMILES string of the molecule is [CH3][Pb]([CH3])([CH3])[C]#CC#[C][Pb]([CH3])([CH3])[CH3]. The summed E-state index contributed by atoms with van der Waals surface area (Å²) in [6.45, 7) is 0. The van der Waals surface area contributed by atoms with Gasteiger partial charge >= 0.3 is 88.0 Å². The second-order valence-corrected chi connectivity index (χ2v) is 41.9. The summed E-state index contributed by atoms with van der Waals surface area (Å²) in [6, 6.07) is 0. The Morgan fingerprint density at radius 2 is 0.833 bits per heavy atom. The van der Waals surface area contributed by atoms with Crippen molar-refractivity contribution in [2.75, 3.05) is 0 Å². The van der Waals surface area contributed by atoms with E-state index in [9.17, 15) is 0 Å². The van der Waals surface area contributed by atoms with E-state index in [0.717, 1.165) is 0 Å². The van der Waals surface area contributed by atoms with Gasteiger partial charge in [-0.15, -0.1) is 0 Å². The molecule has 0 saturated carbocycles. The van der Waals surface area contributed by atoms with Gasteiger partial charge in [-0.1, -0.05) is 0 Å². The fourth-order valence-electron chi connectivity index (χ4n) is 0.438. The molecule has 0 atom stereocenters. The van der Waals surface area contributed by atoms with E-state index in [4.69, 9.17) is 0 Å². The molecular weight excluding hydrogens is 535 g/mol. The Balaban J connectivity index is 4.27. The Morgan fingerprint density at radius 3 is 1.00 bits per heavy atom. The van der Waals surface area contributed by atoms with Gasteiger partial charge in [-0.3, -0.25) is 0 Å². The van der Waals surface area contributed by atoms with E-state index in [2.05, 4.69) is 45.7 Å². The summed E-state index contributed by atoms with van der Waals surface area (Å²) in [7, 11) is 0. The summed E-state index contributed by atoms with van der Waals surface area (Å²) in [5, 5.41) is 0. The van der Waals surface area contributed by atoms with E-state index in [-0.39, 0.29) is 0 Å². The maximum absolute atomic E-state index is 3.33. The fourth-order valence-corrected chi connectivity index (χ4v) is 3.84. The average Bonchev–Trinajstić information content (AvgIpc) is 1.76. The van der Waals surface area contributed by atoms with Crippen molar-refractivity contribution in [2.45, 2.75) is 26.9 Å². The quantitative estimate of drug-likeness (QED) is 0.321. The van der Waals surface area contributed by atoms with Crippen LogP contribution in [0.25, 0.3) is 0 Å². The van der Waals surface area contributed by atoms with E-state index in [1.807, 2.05) is 0 Å². The summed E-state index contributed by atoms with van der Waals surface area (Å²) in [5.74, 6) is 6.05. The van der Waals surface area contributed by atoms with Crippen LogP contribution in [-0.4, -0.2) is 42.3 Å². The van der Waals surface area contributed by atoms with Crippen LogP contribution >= 0.6 is 0 Å². The third kappa shape index (κ3) is 11.0. The Morgan fingerprint density at radius 1 is 0.583 bits per heavy atom. The number of hydrogen-bond acceptors (Lipinski definition) is 0. The number of rotatable bonds is 0.